The highest BCUT2D eigenvalue weighted by Crippen LogP contribution is 2.29. The number of carbonyl (C=O) groups is 1. The largest absolute Gasteiger partial charge is 0.493 e. The second kappa shape index (κ2) is 6.89. The first kappa shape index (κ1) is 15.8. The molecule has 0 saturated heterocycles. The molecule has 1 aromatic heterocycles. The van der Waals surface area contributed by atoms with Crippen LogP contribution in [0.25, 0.3) is 0 Å². The fourth-order valence-corrected chi connectivity index (χ4v) is 1.99. The van der Waals surface area contributed by atoms with Crippen LogP contribution in [0.2, 0.25) is 0 Å². The van der Waals surface area contributed by atoms with Gasteiger partial charge in [0.1, 0.15) is 5.69 Å². The Labute approximate surface area is 129 Å². The highest BCUT2D eigenvalue weighted by Gasteiger charge is 2.14. The summed E-state index contributed by atoms with van der Waals surface area (Å²) in [5, 5.41) is 2.88. The van der Waals surface area contributed by atoms with E-state index in [4.69, 9.17) is 9.47 Å². The summed E-state index contributed by atoms with van der Waals surface area (Å²) in [5.74, 6) is 1.00. The molecule has 2 aromatic rings. The molecule has 1 amide bonds. The first-order valence-corrected chi connectivity index (χ1v) is 6.86. The molecule has 0 spiro atoms. The summed E-state index contributed by atoms with van der Waals surface area (Å²) in [7, 11) is 3.16. The molecule has 1 N–H and O–H groups in total. The lowest BCUT2D eigenvalue weighted by atomic mass is 10.1. The first-order chi connectivity index (χ1) is 10.5. The van der Waals surface area contributed by atoms with Crippen molar-refractivity contribution in [1.82, 2.24) is 15.3 Å². The highest BCUT2D eigenvalue weighted by atomic mass is 16.5. The van der Waals surface area contributed by atoms with E-state index in [0.717, 1.165) is 11.3 Å². The summed E-state index contributed by atoms with van der Waals surface area (Å²) >= 11 is 0. The van der Waals surface area contributed by atoms with Crippen LogP contribution in [-0.4, -0.2) is 30.1 Å². The van der Waals surface area contributed by atoms with Gasteiger partial charge in [-0.2, -0.15) is 0 Å². The number of methoxy groups -OCH3 is 2. The third-order valence-corrected chi connectivity index (χ3v) is 3.27. The molecule has 0 bridgehead atoms. The molecule has 1 unspecified atom stereocenters. The molecule has 0 radical (unpaired) electrons. The molecule has 6 nitrogen and oxygen atoms in total. The van der Waals surface area contributed by atoms with Crippen LogP contribution in [0.4, 0.5) is 0 Å². The van der Waals surface area contributed by atoms with Crippen LogP contribution >= 0.6 is 0 Å². The Morgan fingerprint density at radius 1 is 1.14 bits per heavy atom. The number of nitrogens with one attached hydrogen (secondary N) is 1. The third kappa shape index (κ3) is 3.52. The Kier molecular flexibility index (Phi) is 4.93. The number of amides is 1. The first-order valence-electron chi connectivity index (χ1n) is 6.86. The maximum absolute atomic E-state index is 12.1. The van der Waals surface area contributed by atoms with E-state index in [1.165, 1.54) is 6.20 Å². The quantitative estimate of drug-likeness (QED) is 0.917. The molecule has 0 aliphatic rings. The van der Waals surface area contributed by atoms with Crippen molar-refractivity contribution >= 4 is 5.91 Å². The summed E-state index contributed by atoms with van der Waals surface area (Å²) in [6.07, 6.45) is 3.03. The van der Waals surface area contributed by atoms with Crippen LogP contribution in [0.15, 0.2) is 30.6 Å². The van der Waals surface area contributed by atoms with Crippen LogP contribution in [0.3, 0.4) is 0 Å². The lowest BCUT2D eigenvalue weighted by molar-refractivity contribution is 0.0934. The second-order valence-electron chi connectivity index (χ2n) is 4.85. The Morgan fingerprint density at radius 2 is 1.86 bits per heavy atom. The monoisotopic (exact) mass is 301 g/mol. The molecule has 2 rings (SSSR count). The predicted molar refractivity (Wildman–Crippen MR) is 82.2 cm³/mol. The van der Waals surface area contributed by atoms with E-state index in [1.54, 1.807) is 20.4 Å². The number of rotatable bonds is 5. The molecular weight excluding hydrogens is 282 g/mol. The number of nitrogens with zero attached hydrogens (tertiary/aromatic N) is 2. The Bertz CT molecular complexity index is 656. The SMILES string of the molecule is COc1ccc(C(C)NC(=O)c2cnc(C)cn2)cc1OC. The smallest absolute Gasteiger partial charge is 0.271 e. The number of ether oxygens (including phenoxy) is 2. The van der Waals surface area contributed by atoms with Crippen molar-refractivity contribution in [2.24, 2.45) is 0 Å². The zero-order chi connectivity index (χ0) is 16.1. The van der Waals surface area contributed by atoms with Gasteiger partial charge in [0.05, 0.1) is 32.2 Å². The molecule has 1 heterocycles. The molecule has 6 heteroatoms. The van der Waals surface area contributed by atoms with Gasteiger partial charge in [-0.05, 0) is 31.5 Å². The second-order valence-corrected chi connectivity index (χ2v) is 4.85. The molecule has 0 saturated carbocycles. The number of carbonyl (C=O) groups excluding carboxylic acids is 1. The molecule has 116 valence electrons. The minimum atomic E-state index is -0.269. The van der Waals surface area contributed by atoms with Gasteiger partial charge in [0.2, 0.25) is 0 Å². The minimum absolute atomic E-state index is 0.199. The van der Waals surface area contributed by atoms with Crippen LogP contribution in [-0.2, 0) is 0 Å². The number of benzene rings is 1. The Morgan fingerprint density at radius 3 is 2.45 bits per heavy atom. The lowest BCUT2D eigenvalue weighted by Crippen LogP contribution is -2.27. The van der Waals surface area contributed by atoms with E-state index in [9.17, 15) is 4.79 Å². The fourth-order valence-electron chi connectivity index (χ4n) is 1.99. The number of hydrogen-bond donors (Lipinski definition) is 1. The van der Waals surface area contributed by atoms with Crippen LogP contribution < -0.4 is 14.8 Å². The van der Waals surface area contributed by atoms with Gasteiger partial charge in [0.25, 0.3) is 5.91 Å². The van der Waals surface area contributed by atoms with E-state index in [-0.39, 0.29) is 17.6 Å². The van der Waals surface area contributed by atoms with Gasteiger partial charge in [-0.15, -0.1) is 0 Å². The molecule has 0 aliphatic heterocycles. The van der Waals surface area contributed by atoms with Crippen molar-refractivity contribution in [2.75, 3.05) is 14.2 Å². The van der Waals surface area contributed by atoms with Crippen molar-refractivity contribution in [3.8, 4) is 11.5 Å². The van der Waals surface area contributed by atoms with Crippen molar-refractivity contribution in [3.05, 3.63) is 47.5 Å². The summed E-state index contributed by atoms with van der Waals surface area (Å²) in [4.78, 5) is 20.3. The van der Waals surface area contributed by atoms with Crippen LogP contribution in [0, 0.1) is 6.92 Å². The van der Waals surface area contributed by atoms with E-state index < -0.39 is 0 Å². The van der Waals surface area contributed by atoms with Crippen molar-refractivity contribution in [1.29, 1.82) is 0 Å². The fraction of sp³-hybridized carbons (Fsp3) is 0.312. The molecule has 0 fully saturated rings. The van der Waals surface area contributed by atoms with Gasteiger partial charge in [-0.25, -0.2) is 4.98 Å². The van der Waals surface area contributed by atoms with Crippen LogP contribution in [0.5, 0.6) is 11.5 Å². The summed E-state index contributed by atoms with van der Waals surface area (Å²) in [5.41, 5.74) is 1.97. The van der Waals surface area contributed by atoms with E-state index >= 15 is 0 Å². The van der Waals surface area contributed by atoms with Crippen molar-refractivity contribution in [3.63, 3.8) is 0 Å². The minimum Gasteiger partial charge on any atom is -0.493 e. The van der Waals surface area contributed by atoms with Gasteiger partial charge < -0.3 is 14.8 Å². The summed E-state index contributed by atoms with van der Waals surface area (Å²) in [6, 6.07) is 5.33. The van der Waals surface area contributed by atoms with E-state index in [2.05, 4.69) is 15.3 Å². The predicted octanol–water partition coefficient (Wildman–Crippen LogP) is 2.29. The molecule has 1 aromatic carbocycles. The van der Waals surface area contributed by atoms with Gasteiger partial charge >= 0.3 is 0 Å². The van der Waals surface area contributed by atoms with Crippen LogP contribution in [0.1, 0.15) is 34.7 Å². The third-order valence-electron chi connectivity index (χ3n) is 3.27. The zero-order valence-electron chi connectivity index (χ0n) is 13.1. The molecule has 1 atom stereocenters. The zero-order valence-corrected chi connectivity index (χ0v) is 13.1. The highest BCUT2D eigenvalue weighted by molar-refractivity contribution is 5.92. The Balaban J connectivity index is 2.13. The number of hydrogen-bond acceptors (Lipinski definition) is 5. The Hall–Kier alpha value is -2.63. The van der Waals surface area contributed by atoms with Crippen molar-refractivity contribution < 1.29 is 14.3 Å². The standard InChI is InChI=1S/C16H19N3O3/c1-10-8-18-13(9-17-10)16(20)19-11(2)12-5-6-14(21-3)15(7-12)22-4/h5-9,11H,1-4H3,(H,19,20). The van der Waals surface area contributed by atoms with Gasteiger partial charge in [-0.3, -0.25) is 9.78 Å². The van der Waals surface area contributed by atoms with Gasteiger partial charge in [0, 0.05) is 6.20 Å². The van der Waals surface area contributed by atoms with E-state index in [1.807, 2.05) is 32.0 Å². The van der Waals surface area contributed by atoms with Crippen molar-refractivity contribution in [2.45, 2.75) is 19.9 Å². The van der Waals surface area contributed by atoms with E-state index in [0.29, 0.717) is 11.5 Å². The summed E-state index contributed by atoms with van der Waals surface area (Å²) in [6.45, 7) is 3.71. The number of aromatic nitrogens is 2. The topological polar surface area (TPSA) is 73.3 Å². The van der Waals surface area contributed by atoms with Gasteiger partial charge in [-0.1, -0.05) is 6.07 Å². The molecule has 0 aliphatic carbocycles. The molecule has 22 heavy (non-hydrogen) atoms. The lowest BCUT2D eigenvalue weighted by Gasteiger charge is -2.16. The summed E-state index contributed by atoms with van der Waals surface area (Å²) < 4.78 is 10.5. The average molecular weight is 301 g/mol. The molecular formula is C16H19N3O3. The average Bonchev–Trinajstić information content (AvgIpc) is 2.54. The normalized spacial score (nSPS) is 11.6. The maximum Gasteiger partial charge on any atom is 0.271 e. The maximum atomic E-state index is 12.1. The van der Waals surface area contributed by atoms with Gasteiger partial charge in [0.15, 0.2) is 11.5 Å². The number of aryl methyl sites for hydroxylation is 1.